The van der Waals surface area contributed by atoms with Gasteiger partial charge >= 0.3 is 5.97 Å². The lowest BCUT2D eigenvalue weighted by Crippen LogP contribution is -2.05. The Morgan fingerprint density at radius 1 is 0.853 bits per heavy atom. The van der Waals surface area contributed by atoms with Gasteiger partial charge in [-0.15, -0.1) is 12.4 Å². The molecule has 34 heavy (non-hydrogen) atoms. The quantitative estimate of drug-likeness (QED) is 0.184. The Bertz CT molecular complexity index is 1310. The van der Waals surface area contributed by atoms with E-state index in [2.05, 4.69) is 41.0 Å². The standard InChI is InChI=1S/C27H27N3O3.ClH/c1-18(31)28-21-15-16-23-25(17-21)30-24-9-6-5-8-22(24)27(23)29-20-13-11-19(12-14-20)7-3-2-4-10-26(32)33;/h5-6,8-9,11-17H,2-4,7,10H2,1H3,(H,28,31)(H,29,30)(H,32,33);1H. The number of amides is 1. The molecule has 0 aliphatic rings. The van der Waals surface area contributed by atoms with Crippen molar-refractivity contribution < 1.29 is 14.7 Å². The zero-order valence-electron chi connectivity index (χ0n) is 19.0. The minimum Gasteiger partial charge on any atom is -0.481 e. The minimum atomic E-state index is -0.729. The number of halogens is 1. The summed E-state index contributed by atoms with van der Waals surface area (Å²) in [6.07, 6.45) is 3.80. The number of pyridine rings is 1. The van der Waals surface area contributed by atoms with Crippen LogP contribution in [-0.4, -0.2) is 22.0 Å². The van der Waals surface area contributed by atoms with Gasteiger partial charge in [0.15, 0.2) is 0 Å². The summed E-state index contributed by atoms with van der Waals surface area (Å²) in [7, 11) is 0. The van der Waals surface area contributed by atoms with E-state index in [1.54, 1.807) is 0 Å². The summed E-state index contributed by atoms with van der Waals surface area (Å²) in [4.78, 5) is 26.9. The lowest BCUT2D eigenvalue weighted by atomic mass is 10.0. The number of nitrogens with one attached hydrogen (secondary N) is 2. The molecule has 0 saturated heterocycles. The second-order valence-electron chi connectivity index (χ2n) is 8.19. The first-order chi connectivity index (χ1) is 16.0. The highest BCUT2D eigenvalue weighted by molar-refractivity contribution is 6.09. The number of hydrogen-bond acceptors (Lipinski definition) is 4. The Kier molecular flexibility index (Phi) is 8.44. The SMILES string of the molecule is CC(=O)Nc1ccc2c(Nc3ccc(CCCCCC(=O)O)cc3)c3ccccc3nc2c1.Cl. The molecule has 0 atom stereocenters. The lowest BCUT2D eigenvalue weighted by molar-refractivity contribution is -0.137. The van der Waals surface area contributed by atoms with Crippen LogP contribution in [0.5, 0.6) is 0 Å². The fourth-order valence-electron chi connectivity index (χ4n) is 3.99. The summed E-state index contributed by atoms with van der Waals surface area (Å²) >= 11 is 0. The lowest BCUT2D eigenvalue weighted by Gasteiger charge is -2.14. The van der Waals surface area contributed by atoms with Crippen LogP contribution < -0.4 is 10.6 Å². The first-order valence-corrected chi connectivity index (χ1v) is 11.2. The molecule has 0 spiro atoms. The maximum absolute atomic E-state index is 11.5. The second kappa shape index (κ2) is 11.5. The van der Waals surface area contributed by atoms with Gasteiger partial charge in [0.2, 0.25) is 5.91 Å². The maximum Gasteiger partial charge on any atom is 0.303 e. The van der Waals surface area contributed by atoms with Crippen molar-refractivity contribution >= 4 is 63.2 Å². The van der Waals surface area contributed by atoms with Crippen LogP contribution in [0.15, 0.2) is 66.7 Å². The van der Waals surface area contributed by atoms with Crippen LogP contribution in [-0.2, 0) is 16.0 Å². The van der Waals surface area contributed by atoms with Gasteiger partial charge in [0.05, 0.1) is 16.7 Å². The Morgan fingerprint density at radius 3 is 2.29 bits per heavy atom. The average Bonchev–Trinajstić information content (AvgIpc) is 2.79. The molecule has 1 aromatic heterocycles. The molecule has 0 fully saturated rings. The van der Waals surface area contributed by atoms with Crippen molar-refractivity contribution in [3.8, 4) is 0 Å². The Hall–Kier alpha value is -3.64. The fraction of sp³-hybridized carbons (Fsp3) is 0.222. The highest BCUT2D eigenvalue weighted by Crippen LogP contribution is 2.34. The van der Waals surface area contributed by atoms with Gasteiger partial charge in [0, 0.05) is 35.5 Å². The van der Waals surface area contributed by atoms with E-state index >= 15 is 0 Å². The van der Waals surface area contributed by atoms with Crippen molar-refractivity contribution in [3.63, 3.8) is 0 Å². The predicted molar refractivity (Wildman–Crippen MR) is 140 cm³/mol. The number of aliphatic carboxylic acids is 1. The zero-order chi connectivity index (χ0) is 23.2. The predicted octanol–water partition coefficient (Wildman–Crippen LogP) is 6.70. The van der Waals surface area contributed by atoms with Crippen LogP contribution in [0, 0.1) is 0 Å². The number of fused-ring (bicyclic) bond motifs is 2. The van der Waals surface area contributed by atoms with Crippen molar-refractivity contribution in [3.05, 3.63) is 72.3 Å². The van der Waals surface area contributed by atoms with Gasteiger partial charge in [-0.1, -0.05) is 36.8 Å². The van der Waals surface area contributed by atoms with Crippen molar-refractivity contribution in [2.45, 2.75) is 39.0 Å². The Labute approximate surface area is 204 Å². The van der Waals surface area contributed by atoms with Crippen molar-refractivity contribution in [2.24, 2.45) is 0 Å². The number of nitrogens with zero attached hydrogens (tertiary/aromatic N) is 1. The Morgan fingerprint density at radius 2 is 1.56 bits per heavy atom. The van der Waals surface area contributed by atoms with Crippen molar-refractivity contribution in [1.29, 1.82) is 0 Å². The number of carbonyl (C=O) groups is 2. The normalized spacial score (nSPS) is 10.6. The third-order valence-corrected chi connectivity index (χ3v) is 5.58. The number of carbonyl (C=O) groups excluding carboxylic acids is 1. The number of anilines is 3. The summed E-state index contributed by atoms with van der Waals surface area (Å²) in [5.41, 5.74) is 5.60. The summed E-state index contributed by atoms with van der Waals surface area (Å²) in [5, 5.41) is 17.1. The third kappa shape index (κ3) is 6.23. The van der Waals surface area contributed by atoms with E-state index in [4.69, 9.17) is 10.1 Å². The Balaban J connectivity index is 0.00000324. The molecule has 3 aromatic carbocycles. The molecule has 0 bridgehead atoms. The monoisotopic (exact) mass is 477 g/mol. The molecule has 4 rings (SSSR count). The number of unbranched alkanes of at least 4 members (excludes halogenated alkanes) is 2. The van der Waals surface area contributed by atoms with Gasteiger partial charge in [-0.05, 0) is 61.2 Å². The molecule has 7 heteroatoms. The van der Waals surface area contributed by atoms with Gasteiger partial charge in [0.1, 0.15) is 0 Å². The van der Waals surface area contributed by atoms with Gasteiger partial charge in [-0.2, -0.15) is 0 Å². The van der Waals surface area contributed by atoms with Gasteiger partial charge in [0.25, 0.3) is 0 Å². The highest BCUT2D eigenvalue weighted by atomic mass is 35.5. The van der Waals surface area contributed by atoms with Crippen molar-refractivity contribution in [1.82, 2.24) is 4.98 Å². The van der Waals surface area contributed by atoms with Crippen LogP contribution in [0.2, 0.25) is 0 Å². The number of para-hydroxylation sites is 1. The van der Waals surface area contributed by atoms with Crippen LogP contribution in [0.4, 0.5) is 17.1 Å². The summed E-state index contributed by atoms with van der Waals surface area (Å²) in [6.45, 7) is 1.49. The van der Waals surface area contributed by atoms with Gasteiger partial charge < -0.3 is 15.7 Å². The molecule has 0 saturated carbocycles. The van der Waals surface area contributed by atoms with E-state index in [-0.39, 0.29) is 24.7 Å². The molecule has 4 aromatic rings. The van der Waals surface area contributed by atoms with Gasteiger partial charge in [-0.3, -0.25) is 9.59 Å². The number of carboxylic acid groups (broad SMARTS) is 1. The first-order valence-electron chi connectivity index (χ1n) is 11.2. The van der Waals surface area contributed by atoms with Gasteiger partial charge in [-0.25, -0.2) is 4.98 Å². The zero-order valence-corrected chi connectivity index (χ0v) is 19.8. The van der Waals surface area contributed by atoms with E-state index in [1.807, 2.05) is 36.4 Å². The molecular formula is C27H28ClN3O3. The van der Waals surface area contributed by atoms with E-state index in [9.17, 15) is 9.59 Å². The summed E-state index contributed by atoms with van der Waals surface area (Å²) < 4.78 is 0. The summed E-state index contributed by atoms with van der Waals surface area (Å²) in [6, 6.07) is 22.1. The van der Waals surface area contributed by atoms with Crippen LogP contribution in [0.25, 0.3) is 21.8 Å². The molecular weight excluding hydrogens is 450 g/mol. The van der Waals surface area contributed by atoms with Crippen LogP contribution in [0.1, 0.15) is 38.2 Å². The smallest absolute Gasteiger partial charge is 0.303 e. The maximum atomic E-state index is 11.5. The second-order valence-corrected chi connectivity index (χ2v) is 8.19. The first kappa shape index (κ1) is 25.0. The third-order valence-electron chi connectivity index (χ3n) is 5.58. The van der Waals surface area contributed by atoms with Crippen LogP contribution in [0.3, 0.4) is 0 Å². The molecule has 0 aliphatic heterocycles. The number of rotatable bonds is 9. The number of aromatic nitrogens is 1. The molecule has 0 aliphatic carbocycles. The molecule has 1 amide bonds. The van der Waals surface area contributed by atoms with E-state index in [0.29, 0.717) is 0 Å². The average molecular weight is 478 g/mol. The van der Waals surface area contributed by atoms with E-state index in [1.165, 1.54) is 12.5 Å². The number of aryl methyl sites for hydroxylation is 1. The number of carboxylic acids is 1. The van der Waals surface area contributed by atoms with Crippen molar-refractivity contribution in [2.75, 3.05) is 10.6 Å². The number of benzene rings is 3. The minimum absolute atomic E-state index is 0. The largest absolute Gasteiger partial charge is 0.481 e. The highest BCUT2D eigenvalue weighted by Gasteiger charge is 2.11. The molecule has 3 N–H and O–H groups in total. The van der Waals surface area contributed by atoms with Crippen LogP contribution >= 0.6 is 12.4 Å². The molecule has 1 heterocycles. The van der Waals surface area contributed by atoms with E-state index < -0.39 is 5.97 Å². The molecule has 6 nitrogen and oxygen atoms in total. The topological polar surface area (TPSA) is 91.3 Å². The number of hydrogen-bond donors (Lipinski definition) is 3. The molecule has 0 unspecified atom stereocenters. The molecule has 176 valence electrons. The summed E-state index contributed by atoms with van der Waals surface area (Å²) in [5.74, 6) is -0.844. The molecule has 0 radical (unpaired) electrons. The fourth-order valence-corrected chi connectivity index (χ4v) is 3.99. The van der Waals surface area contributed by atoms with E-state index in [0.717, 1.165) is 64.6 Å².